The molecule has 14 heteroatoms. The number of aliphatic carboxylic acids is 1. The van der Waals surface area contributed by atoms with Crippen LogP contribution in [-0.2, 0) is 34.2 Å². The molecule has 0 aliphatic carbocycles. The summed E-state index contributed by atoms with van der Waals surface area (Å²) >= 11 is 0. The van der Waals surface area contributed by atoms with Crippen molar-refractivity contribution >= 4 is 34.0 Å². The number of carboxylic acid groups (broad SMARTS) is 1. The molecule has 3 amide bonds. The van der Waals surface area contributed by atoms with Crippen LogP contribution in [0.4, 0.5) is 0 Å². The lowest BCUT2D eigenvalue weighted by Gasteiger charge is -2.50. The third-order valence-electron chi connectivity index (χ3n) is 4.11. The molecule has 0 aromatic heterocycles. The molecule has 154 valence electrons. The van der Waals surface area contributed by atoms with Crippen molar-refractivity contribution < 1.29 is 42.0 Å². The lowest BCUT2D eigenvalue weighted by molar-refractivity contribution is -0.193. The van der Waals surface area contributed by atoms with Crippen molar-refractivity contribution in [2.45, 2.75) is 50.5 Å². The Kier molecular flexibility index (Phi) is 6.88. The molecule has 2 unspecified atom stereocenters. The third kappa shape index (κ3) is 4.71. The second-order valence-electron chi connectivity index (χ2n) is 5.96. The quantitative estimate of drug-likeness (QED) is 0.150. The number of hydrogen-bond acceptors (Lipinski definition) is 8. The molecule has 0 saturated carbocycles. The molecule has 0 aromatic carbocycles. The van der Waals surface area contributed by atoms with Crippen LogP contribution in [0.1, 0.15) is 26.7 Å². The minimum absolute atomic E-state index is 0.143. The van der Waals surface area contributed by atoms with Gasteiger partial charge in [-0.15, -0.1) is 0 Å². The number of amides is 3. The number of β-lactam (4-membered cyclic amide) rings is 1. The Hall–Kier alpha value is -2.29. The van der Waals surface area contributed by atoms with E-state index in [-0.39, 0.29) is 17.1 Å². The van der Waals surface area contributed by atoms with Crippen LogP contribution in [0.15, 0.2) is 0 Å². The highest BCUT2D eigenvalue weighted by molar-refractivity contribution is 7.84. The SMILES string of the molecule is COC1(NC(=O)[C@@H](C)NC(=O)CC[C@@H](N)C(=O)O)C(=O)N(S(=O)(=O)O)C1C. The van der Waals surface area contributed by atoms with E-state index in [4.69, 9.17) is 20.1 Å². The molecule has 4 atom stereocenters. The monoisotopic (exact) mass is 410 g/mol. The Morgan fingerprint density at radius 3 is 2.37 bits per heavy atom. The largest absolute Gasteiger partial charge is 0.480 e. The van der Waals surface area contributed by atoms with Gasteiger partial charge in [-0.25, -0.2) is 4.31 Å². The number of rotatable bonds is 9. The van der Waals surface area contributed by atoms with E-state index in [0.29, 0.717) is 0 Å². The van der Waals surface area contributed by atoms with Gasteiger partial charge in [0.15, 0.2) is 0 Å². The van der Waals surface area contributed by atoms with Crippen LogP contribution in [0.25, 0.3) is 0 Å². The molecule has 6 N–H and O–H groups in total. The molecule has 1 aliphatic heterocycles. The van der Waals surface area contributed by atoms with Crippen LogP contribution in [0.2, 0.25) is 0 Å². The maximum Gasteiger partial charge on any atom is 0.362 e. The molecule has 13 nitrogen and oxygen atoms in total. The average Bonchev–Trinajstić information content (AvgIpc) is 2.55. The molecule has 1 rings (SSSR count). The lowest BCUT2D eigenvalue weighted by atomic mass is 9.94. The number of nitrogens with two attached hydrogens (primary N) is 1. The molecule has 1 heterocycles. The first kappa shape index (κ1) is 22.8. The van der Waals surface area contributed by atoms with Gasteiger partial charge < -0.3 is 26.2 Å². The van der Waals surface area contributed by atoms with Gasteiger partial charge in [-0.1, -0.05) is 0 Å². The lowest BCUT2D eigenvalue weighted by Crippen LogP contribution is -2.81. The van der Waals surface area contributed by atoms with Crippen molar-refractivity contribution in [1.82, 2.24) is 14.9 Å². The summed E-state index contributed by atoms with van der Waals surface area (Å²) in [6.45, 7) is 2.53. The highest BCUT2D eigenvalue weighted by Crippen LogP contribution is 2.33. The highest BCUT2D eigenvalue weighted by atomic mass is 32.2. The summed E-state index contributed by atoms with van der Waals surface area (Å²) in [5, 5.41) is 13.2. The van der Waals surface area contributed by atoms with E-state index in [2.05, 4.69) is 10.6 Å². The van der Waals surface area contributed by atoms with Crippen molar-refractivity contribution in [3.05, 3.63) is 0 Å². The van der Waals surface area contributed by atoms with E-state index >= 15 is 0 Å². The highest BCUT2D eigenvalue weighted by Gasteiger charge is 2.65. The summed E-state index contributed by atoms with van der Waals surface area (Å²) in [5.74, 6) is -3.97. The van der Waals surface area contributed by atoms with E-state index < -0.39 is 57.8 Å². The molecular formula is C13H22N4O9S. The number of carbonyl (C=O) groups is 4. The predicted octanol–water partition coefficient (Wildman–Crippen LogP) is -2.82. The van der Waals surface area contributed by atoms with Crippen LogP contribution in [0, 0.1) is 0 Å². The number of methoxy groups -OCH3 is 1. The van der Waals surface area contributed by atoms with Crippen molar-refractivity contribution in [3.63, 3.8) is 0 Å². The van der Waals surface area contributed by atoms with E-state index in [1.54, 1.807) is 0 Å². The number of nitrogens with zero attached hydrogens (tertiary/aromatic N) is 1. The Morgan fingerprint density at radius 1 is 1.41 bits per heavy atom. The Labute approximate surface area is 155 Å². The second kappa shape index (κ2) is 8.16. The van der Waals surface area contributed by atoms with Gasteiger partial charge in [-0.3, -0.25) is 23.7 Å². The summed E-state index contributed by atoms with van der Waals surface area (Å²) in [6.07, 6.45) is -0.386. The van der Waals surface area contributed by atoms with Crippen LogP contribution in [0.3, 0.4) is 0 Å². The van der Waals surface area contributed by atoms with Gasteiger partial charge in [0.05, 0.1) is 0 Å². The number of nitrogens with one attached hydrogen (secondary N) is 2. The smallest absolute Gasteiger partial charge is 0.362 e. The van der Waals surface area contributed by atoms with Crippen LogP contribution in [-0.4, -0.2) is 77.0 Å². The molecule has 1 aliphatic rings. The van der Waals surface area contributed by atoms with Gasteiger partial charge in [0.2, 0.25) is 17.5 Å². The van der Waals surface area contributed by atoms with Crippen LogP contribution < -0.4 is 16.4 Å². The molecule has 0 radical (unpaired) electrons. The van der Waals surface area contributed by atoms with Crippen molar-refractivity contribution in [2.24, 2.45) is 5.73 Å². The zero-order valence-electron chi connectivity index (χ0n) is 14.8. The van der Waals surface area contributed by atoms with Gasteiger partial charge in [-0.2, -0.15) is 8.42 Å². The molecule has 1 fully saturated rings. The van der Waals surface area contributed by atoms with Gasteiger partial charge in [0.1, 0.15) is 18.1 Å². The predicted molar refractivity (Wildman–Crippen MR) is 88.2 cm³/mol. The fourth-order valence-electron chi connectivity index (χ4n) is 2.47. The topological polar surface area (TPSA) is 205 Å². The standard InChI is InChI=1S/C13H22N4O9S/c1-6(15-9(18)5-4-8(14)11(20)21)10(19)16-13(26-3)7(2)17(12(13)22)27(23,24)25/h6-8H,4-5,14H2,1-3H3,(H,15,18)(H,16,19)(H,20,21)(H,23,24,25)/t6-,7?,8-,13?/m1/s1. The molecule has 0 spiro atoms. The fraction of sp³-hybridized carbons (Fsp3) is 0.692. The first-order valence-electron chi connectivity index (χ1n) is 7.74. The first-order valence-corrected chi connectivity index (χ1v) is 9.13. The van der Waals surface area contributed by atoms with Crippen LogP contribution in [0.5, 0.6) is 0 Å². The van der Waals surface area contributed by atoms with Crippen LogP contribution >= 0.6 is 0 Å². The zero-order valence-corrected chi connectivity index (χ0v) is 15.6. The van der Waals surface area contributed by atoms with Gasteiger partial charge in [-0.05, 0) is 20.3 Å². The maximum atomic E-state index is 12.2. The maximum absolute atomic E-state index is 12.2. The van der Waals surface area contributed by atoms with Crippen molar-refractivity contribution in [3.8, 4) is 0 Å². The summed E-state index contributed by atoms with van der Waals surface area (Å²) < 4.78 is 36.4. The minimum Gasteiger partial charge on any atom is -0.480 e. The van der Waals surface area contributed by atoms with E-state index in [1.807, 2.05) is 0 Å². The molecule has 27 heavy (non-hydrogen) atoms. The Balaban J connectivity index is 2.70. The second-order valence-corrected chi connectivity index (χ2v) is 7.25. The molecule has 0 bridgehead atoms. The van der Waals surface area contributed by atoms with Gasteiger partial charge in [0, 0.05) is 13.5 Å². The fourth-order valence-corrected chi connectivity index (χ4v) is 3.36. The van der Waals surface area contributed by atoms with E-state index in [0.717, 1.165) is 7.11 Å². The van der Waals surface area contributed by atoms with Gasteiger partial charge >= 0.3 is 16.3 Å². The summed E-state index contributed by atoms with van der Waals surface area (Å²) in [7, 11) is -3.76. The van der Waals surface area contributed by atoms with Gasteiger partial charge in [0.25, 0.3) is 5.91 Å². The number of hydrogen-bond donors (Lipinski definition) is 5. The average molecular weight is 410 g/mol. The molecular weight excluding hydrogens is 388 g/mol. The third-order valence-corrected chi connectivity index (χ3v) is 5.09. The minimum atomic E-state index is -4.82. The van der Waals surface area contributed by atoms with Crippen molar-refractivity contribution in [2.75, 3.05) is 7.11 Å². The summed E-state index contributed by atoms with van der Waals surface area (Å²) in [4.78, 5) is 46.7. The number of carboxylic acids is 1. The summed E-state index contributed by atoms with van der Waals surface area (Å²) in [5.41, 5.74) is 3.26. The Bertz CT molecular complexity index is 740. The number of carbonyl (C=O) groups excluding carboxylic acids is 3. The van der Waals surface area contributed by atoms with E-state index in [9.17, 15) is 27.6 Å². The Morgan fingerprint density at radius 2 is 1.96 bits per heavy atom. The van der Waals surface area contributed by atoms with Crippen molar-refractivity contribution in [1.29, 1.82) is 0 Å². The number of ether oxygens (including phenoxy) is 1. The zero-order chi connectivity index (χ0) is 21.2. The molecule has 0 aromatic rings. The molecule has 1 saturated heterocycles. The normalized spacial score (nSPS) is 24.6. The summed E-state index contributed by atoms with van der Waals surface area (Å²) in [6, 6.07) is -3.60. The van der Waals surface area contributed by atoms with E-state index in [1.165, 1.54) is 13.8 Å². The first-order chi connectivity index (χ1) is 12.3.